The second kappa shape index (κ2) is 4.63. The summed E-state index contributed by atoms with van der Waals surface area (Å²) < 4.78 is 37.6. The first-order valence-electron chi connectivity index (χ1n) is 4.56. The fraction of sp³-hybridized carbons (Fsp3) is 0.400. The van der Waals surface area contributed by atoms with E-state index in [1.807, 2.05) is 0 Å². The van der Waals surface area contributed by atoms with E-state index in [2.05, 4.69) is 15.9 Å². The number of hydrogen-bond donors (Lipinski definition) is 2. The second-order valence-electron chi connectivity index (χ2n) is 3.65. The number of alkyl halides is 3. The lowest BCUT2D eigenvalue weighted by molar-refractivity contribution is -0.138. The van der Waals surface area contributed by atoms with Crippen LogP contribution in [0.5, 0.6) is 5.75 Å². The molecule has 6 heteroatoms. The van der Waals surface area contributed by atoms with Crippen LogP contribution < -0.4 is 5.73 Å². The van der Waals surface area contributed by atoms with Gasteiger partial charge in [0, 0.05) is 6.04 Å². The van der Waals surface area contributed by atoms with Crippen LogP contribution in [-0.2, 0) is 12.6 Å². The van der Waals surface area contributed by atoms with Crippen molar-refractivity contribution in [2.45, 2.75) is 25.6 Å². The molecule has 0 saturated carbocycles. The van der Waals surface area contributed by atoms with E-state index >= 15 is 0 Å². The van der Waals surface area contributed by atoms with Crippen LogP contribution in [0.1, 0.15) is 18.1 Å². The van der Waals surface area contributed by atoms with E-state index in [0.29, 0.717) is 12.0 Å². The zero-order chi connectivity index (χ0) is 12.5. The molecule has 0 saturated heterocycles. The van der Waals surface area contributed by atoms with Crippen LogP contribution in [0, 0.1) is 0 Å². The zero-order valence-electron chi connectivity index (χ0n) is 8.48. The minimum Gasteiger partial charge on any atom is -0.506 e. The summed E-state index contributed by atoms with van der Waals surface area (Å²) in [6, 6.07) is 2.12. The summed E-state index contributed by atoms with van der Waals surface area (Å²) in [5.41, 5.74) is 4.91. The number of benzene rings is 1. The van der Waals surface area contributed by atoms with E-state index in [1.165, 1.54) is 6.07 Å². The summed E-state index contributed by atoms with van der Waals surface area (Å²) in [7, 11) is 0. The van der Waals surface area contributed by atoms with Gasteiger partial charge in [-0.15, -0.1) is 0 Å². The molecule has 0 aliphatic carbocycles. The molecule has 2 nitrogen and oxygen atoms in total. The fourth-order valence-corrected chi connectivity index (χ4v) is 1.87. The summed E-state index contributed by atoms with van der Waals surface area (Å²) in [6.45, 7) is 1.70. The van der Waals surface area contributed by atoms with Gasteiger partial charge in [-0.3, -0.25) is 0 Å². The molecule has 1 unspecified atom stereocenters. The third-order valence-electron chi connectivity index (χ3n) is 1.99. The lowest BCUT2D eigenvalue weighted by atomic mass is 10.0. The molecule has 0 fully saturated rings. The third-order valence-corrected chi connectivity index (χ3v) is 2.59. The van der Waals surface area contributed by atoms with E-state index in [4.69, 9.17) is 5.73 Å². The van der Waals surface area contributed by atoms with E-state index < -0.39 is 17.5 Å². The van der Waals surface area contributed by atoms with Crippen molar-refractivity contribution in [1.82, 2.24) is 0 Å². The van der Waals surface area contributed by atoms with Gasteiger partial charge in [-0.25, -0.2) is 0 Å². The topological polar surface area (TPSA) is 46.2 Å². The van der Waals surface area contributed by atoms with Gasteiger partial charge in [0.1, 0.15) is 5.75 Å². The molecule has 0 aliphatic heterocycles. The van der Waals surface area contributed by atoms with Crippen molar-refractivity contribution in [3.8, 4) is 5.75 Å². The maximum absolute atomic E-state index is 12.5. The second-order valence-corrected chi connectivity index (χ2v) is 4.51. The van der Waals surface area contributed by atoms with Gasteiger partial charge >= 0.3 is 6.18 Å². The van der Waals surface area contributed by atoms with Crippen LogP contribution in [0.15, 0.2) is 16.6 Å². The maximum Gasteiger partial charge on any atom is 0.420 e. The zero-order valence-corrected chi connectivity index (χ0v) is 10.1. The quantitative estimate of drug-likeness (QED) is 0.881. The maximum atomic E-state index is 12.5. The van der Waals surface area contributed by atoms with Crippen LogP contribution >= 0.6 is 15.9 Å². The molecule has 0 radical (unpaired) electrons. The lowest BCUT2D eigenvalue weighted by Crippen LogP contribution is -2.18. The Morgan fingerprint density at radius 1 is 1.44 bits per heavy atom. The number of nitrogens with two attached hydrogens (primary N) is 1. The van der Waals surface area contributed by atoms with E-state index in [-0.39, 0.29) is 10.5 Å². The largest absolute Gasteiger partial charge is 0.506 e. The van der Waals surface area contributed by atoms with Crippen LogP contribution in [0.3, 0.4) is 0 Å². The average Bonchev–Trinajstić information content (AvgIpc) is 2.08. The van der Waals surface area contributed by atoms with E-state index in [1.54, 1.807) is 6.92 Å². The standard InChI is InChI=1S/C10H11BrF3NO/c1-5(15)2-6-3-7(10(12,13)14)9(16)8(11)4-6/h3-5,16H,2,15H2,1H3. The highest BCUT2D eigenvalue weighted by molar-refractivity contribution is 9.10. The van der Waals surface area contributed by atoms with Gasteiger partial charge in [-0.2, -0.15) is 13.2 Å². The molecule has 0 spiro atoms. The molecule has 0 amide bonds. The van der Waals surface area contributed by atoms with Gasteiger partial charge in [0.05, 0.1) is 10.0 Å². The van der Waals surface area contributed by atoms with Crippen molar-refractivity contribution in [1.29, 1.82) is 0 Å². The van der Waals surface area contributed by atoms with E-state index in [0.717, 1.165) is 6.07 Å². The smallest absolute Gasteiger partial charge is 0.420 e. The minimum atomic E-state index is -4.57. The predicted octanol–water partition coefficient (Wildman–Crippen LogP) is 3.06. The molecule has 1 rings (SSSR count). The average molecular weight is 298 g/mol. The number of phenolic OH excluding ortho intramolecular Hbond substituents is 1. The number of hydrogen-bond acceptors (Lipinski definition) is 2. The van der Waals surface area contributed by atoms with Crippen molar-refractivity contribution < 1.29 is 18.3 Å². The first-order chi connectivity index (χ1) is 7.21. The van der Waals surface area contributed by atoms with Gasteiger partial charge in [-0.1, -0.05) is 0 Å². The highest BCUT2D eigenvalue weighted by Gasteiger charge is 2.35. The highest BCUT2D eigenvalue weighted by Crippen LogP contribution is 2.40. The Kier molecular flexibility index (Phi) is 3.85. The van der Waals surface area contributed by atoms with Gasteiger partial charge in [0.15, 0.2) is 0 Å². The summed E-state index contributed by atoms with van der Waals surface area (Å²) in [4.78, 5) is 0. The Labute approximate surface area is 99.4 Å². The first-order valence-corrected chi connectivity index (χ1v) is 5.35. The SMILES string of the molecule is CC(N)Cc1cc(Br)c(O)c(C(F)(F)F)c1. The van der Waals surface area contributed by atoms with Crippen molar-refractivity contribution in [2.75, 3.05) is 0 Å². The third kappa shape index (κ3) is 3.12. The molecule has 1 aromatic carbocycles. The molecular weight excluding hydrogens is 287 g/mol. The molecule has 0 heterocycles. The molecule has 16 heavy (non-hydrogen) atoms. The molecule has 90 valence electrons. The molecule has 0 aromatic heterocycles. The lowest BCUT2D eigenvalue weighted by Gasteiger charge is -2.13. The highest BCUT2D eigenvalue weighted by atomic mass is 79.9. The molecule has 3 N–H and O–H groups in total. The van der Waals surface area contributed by atoms with Crippen molar-refractivity contribution >= 4 is 15.9 Å². The summed E-state index contributed by atoms with van der Waals surface area (Å²) >= 11 is 2.89. The van der Waals surface area contributed by atoms with Gasteiger partial charge in [0.2, 0.25) is 0 Å². The normalized spacial score (nSPS) is 13.9. The van der Waals surface area contributed by atoms with Crippen molar-refractivity contribution in [3.63, 3.8) is 0 Å². The number of phenols is 1. The molecule has 1 atom stereocenters. The van der Waals surface area contributed by atoms with Gasteiger partial charge in [0.25, 0.3) is 0 Å². The Bertz CT molecular complexity index is 390. The molecule has 0 aliphatic rings. The van der Waals surface area contributed by atoms with Gasteiger partial charge in [-0.05, 0) is 47.0 Å². The summed E-state index contributed by atoms with van der Waals surface area (Å²) in [6.07, 6.45) is -4.25. The number of halogens is 4. The van der Waals surface area contributed by atoms with Crippen LogP contribution in [-0.4, -0.2) is 11.1 Å². The number of rotatable bonds is 2. The van der Waals surface area contributed by atoms with Crippen LogP contribution in [0.4, 0.5) is 13.2 Å². The number of aromatic hydroxyl groups is 1. The van der Waals surface area contributed by atoms with Crippen LogP contribution in [0.2, 0.25) is 0 Å². The predicted molar refractivity (Wildman–Crippen MR) is 58.2 cm³/mol. The van der Waals surface area contributed by atoms with Crippen molar-refractivity contribution in [2.24, 2.45) is 5.73 Å². The Hall–Kier alpha value is -0.750. The summed E-state index contributed by atoms with van der Waals surface area (Å²) in [5, 5.41) is 9.29. The summed E-state index contributed by atoms with van der Waals surface area (Å²) in [5.74, 6) is -0.791. The minimum absolute atomic E-state index is 0.0259. The molecule has 0 bridgehead atoms. The molecule has 1 aromatic rings. The Morgan fingerprint density at radius 2 is 2.00 bits per heavy atom. The van der Waals surface area contributed by atoms with E-state index in [9.17, 15) is 18.3 Å². The van der Waals surface area contributed by atoms with Crippen molar-refractivity contribution in [3.05, 3.63) is 27.7 Å². The van der Waals surface area contributed by atoms with Gasteiger partial charge < -0.3 is 10.8 Å². The fourth-order valence-electron chi connectivity index (χ4n) is 1.36. The Morgan fingerprint density at radius 3 is 2.44 bits per heavy atom. The first kappa shape index (κ1) is 13.3. The monoisotopic (exact) mass is 297 g/mol. The van der Waals surface area contributed by atoms with Crippen LogP contribution in [0.25, 0.3) is 0 Å². The Balaban J connectivity index is 3.23. The molecular formula is C10H11BrF3NO.